The number of hydrogen-bond donors (Lipinski definition) is 1. The zero-order valence-electron chi connectivity index (χ0n) is 11.0. The van der Waals surface area contributed by atoms with Crippen LogP contribution < -0.4 is 10.5 Å². The third-order valence-electron chi connectivity index (χ3n) is 2.52. The number of aromatic nitrogens is 2. The minimum absolute atomic E-state index is 0.127. The number of nitrogens with two attached hydrogens (primary N) is 1. The first kappa shape index (κ1) is 14.0. The summed E-state index contributed by atoms with van der Waals surface area (Å²) in [6.45, 7) is 0.655. The lowest BCUT2D eigenvalue weighted by Gasteiger charge is -2.03. The van der Waals surface area contributed by atoms with Crippen LogP contribution in [0.2, 0.25) is 0 Å². The van der Waals surface area contributed by atoms with Gasteiger partial charge in [-0.3, -0.25) is 4.79 Å². The van der Waals surface area contributed by atoms with Gasteiger partial charge in [0.05, 0.1) is 6.61 Å². The normalized spacial score (nSPS) is 10.4. The molecule has 20 heavy (non-hydrogen) atoms. The van der Waals surface area contributed by atoms with Gasteiger partial charge in [-0.1, -0.05) is 11.2 Å². The van der Waals surface area contributed by atoms with Crippen LogP contribution in [-0.4, -0.2) is 29.8 Å². The Kier molecular flexibility index (Phi) is 4.67. The van der Waals surface area contributed by atoms with Crippen LogP contribution in [0.4, 0.5) is 0 Å². The molecule has 0 spiro atoms. The maximum atomic E-state index is 11.0. The van der Waals surface area contributed by atoms with Crippen LogP contribution in [0.15, 0.2) is 28.8 Å². The second kappa shape index (κ2) is 6.67. The molecular formula is C13H15N3O4. The molecule has 0 aliphatic carbocycles. The third-order valence-corrected chi connectivity index (χ3v) is 2.52. The molecule has 0 aliphatic rings. The van der Waals surface area contributed by atoms with Crippen molar-refractivity contribution in [2.24, 2.45) is 5.73 Å². The second-order valence-corrected chi connectivity index (χ2v) is 4.03. The smallest absolute Gasteiger partial charge is 0.264 e. The van der Waals surface area contributed by atoms with E-state index >= 15 is 0 Å². The lowest BCUT2D eigenvalue weighted by atomic mass is 10.2. The van der Waals surface area contributed by atoms with Gasteiger partial charge in [-0.15, -0.1) is 0 Å². The summed E-state index contributed by atoms with van der Waals surface area (Å²) in [7, 11) is 1.61. The molecule has 1 amide bonds. The van der Waals surface area contributed by atoms with Crippen LogP contribution in [0.5, 0.6) is 5.75 Å². The second-order valence-electron chi connectivity index (χ2n) is 4.03. The summed E-state index contributed by atoms with van der Waals surface area (Å²) in [4.78, 5) is 15.2. The highest BCUT2D eigenvalue weighted by atomic mass is 16.5. The summed E-state index contributed by atoms with van der Waals surface area (Å²) in [6.07, 6.45) is 0.581. The maximum absolute atomic E-state index is 11.0. The Morgan fingerprint density at radius 1 is 1.45 bits per heavy atom. The average Bonchev–Trinajstić information content (AvgIpc) is 2.91. The molecule has 0 bridgehead atoms. The molecule has 0 aliphatic heterocycles. The van der Waals surface area contributed by atoms with Crippen LogP contribution in [0.25, 0.3) is 0 Å². The quantitative estimate of drug-likeness (QED) is 0.808. The zero-order valence-corrected chi connectivity index (χ0v) is 11.0. The molecule has 0 unspecified atom stereocenters. The number of rotatable bonds is 7. The number of carbonyl (C=O) groups is 1. The van der Waals surface area contributed by atoms with Gasteiger partial charge in [-0.2, -0.15) is 4.98 Å². The van der Waals surface area contributed by atoms with Crippen molar-refractivity contribution in [3.63, 3.8) is 0 Å². The van der Waals surface area contributed by atoms with E-state index in [1.54, 1.807) is 31.4 Å². The molecule has 0 fully saturated rings. The maximum Gasteiger partial charge on any atom is 0.264 e. The molecule has 1 aromatic heterocycles. The van der Waals surface area contributed by atoms with Crippen molar-refractivity contribution in [1.29, 1.82) is 0 Å². The fourth-order valence-corrected chi connectivity index (χ4v) is 1.53. The van der Waals surface area contributed by atoms with Gasteiger partial charge in [-0.05, 0) is 18.2 Å². The highest BCUT2D eigenvalue weighted by Crippen LogP contribution is 2.14. The molecule has 1 heterocycles. The molecule has 1 aromatic carbocycles. The first-order chi connectivity index (χ1) is 9.69. The summed E-state index contributed by atoms with van der Waals surface area (Å²) in [5, 5.41) is 3.79. The van der Waals surface area contributed by atoms with E-state index in [2.05, 4.69) is 10.1 Å². The zero-order chi connectivity index (χ0) is 14.4. The molecule has 0 saturated heterocycles. The molecule has 7 heteroatoms. The molecule has 0 saturated carbocycles. The van der Waals surface area contributed by atoms with Crippen LogP contribution >= 0.6 is 0 Å². The molecule has 0 radical (unpaired) electrons. The van der Waals surface area contributed by atoms with E-state index in [0.717, 1.165) is 0 Å². The molecular weight excluding hydrogens is 262 g/mol. The molecule has 2 N–H and O–H groups in total. The number of methoxy groups -OCH3 is 1. The molecule has 106 valence electrons. The van der Waals surface area contributed by atoms with Crippen molar-refractivity contribution in [3.05, 3.63) is 41.5 Å². The molecule has 2 aromatic rings. The third kappa shape index (κ3) is 3.79. The first-order valence-corrected chi connectivity index (χ1v) is 6.02. The lowest BCUT2D eigenvalue weighted by molar-refractivity contribution is 0.0999. The van der Waals surface area contributed by atoms with E-state index in [-0.39, 0.29) is 6.61 Å². The number of benzene rings is 1. The molecule has 0 atom stereocenters. The van der Waals surface area contributed by atoms with Crippen molar-refractivity contribution in [2.75, 3.05) is 13.7 Å². The van der Waals surface area contributed by atoms with E-state index < -0.39 is 5.91 Å². The Labute approximate surface area is 115 Å². The number of ether oxygens (including phenoxy) is 2. The highest BCUT2D eigenvalue weighted by molar-refractivity contribution is 5.93. The van der Waals surface area contributed by atoms with E-state index in [4.69, 9.17) is 19.7 Å². The molecule has 2 rings (SSSR count). The van der Waals surface area contributed by atoms with Crippen molar-refractivity contribution in [2.45, 2.75) is 13.0 Å². The number of primary amides is 1. The summed E-state index contributed by atoms with van der Waals surface area (Å²) in [5.41, 5.74) is 5.58. The van der Waals surface area contributed by atoms with Gasteiger partial charge < -0.3 is 19.7 Å². The number of nitrogens with zero attached hydrogens (tertiary/aromatic N) is 2. The Morgan fingerprint density at radius 2 is 2.30 bits per heavy atom. The van der Waals surface area contributed by atoms with Gasteiger partial charge in [0.2, 0.25) is 5.91 Å². The van der Waals surface area contributed by atoms with Crippen molar-refractivity contribution < 1.29 is 18.8 Å². The fourth-order valence-electron chi connectivity index (χ4n) is 1.53. The first-order valence-electron chi connectivity index (χ1n) is 6.02. The molecule has 7 nitrogen and oxygen atoms in total. The summed E-state index contributed by atoms with van der Waals surface area (Å²) < 4.78 is 15.4. The SMILES string of the molecule is COCCc1noc(COc2cccc(C(N)=O)c2)n1. The standard InChI is InChI=1S/C13H15N3O4/c1-18-6-5-11-15-12(20-16-11)8-19-10-4-2-3-9(7-10)13(14)17/h2-4,7H,5-6,8H2,1H3,(H2,14,17). The topological polar surface area (TPSA) is 100 Å². The van der Waals surface area contributed by atoms with E-state index in [9.17, 15) is 4.79 Å². The Balaban J connectivity index is 1.93. The number of carbonyl (C=O) groups excluding carboxylic acids is 1. The lowest BCUT2D eigenvalue weighted by Crippen LogP contribution is -2.10. The van der Waals surface area contributed by atoms with Gasteiger partial charge in [0.1, 0.15) is 5.75 Å². The van der Waals surface area contributed by atoms with Gasteiger partial charge in [-0.25, -0.2) is 0 Å². The monoisotopic (exact) mass is 277 g/mol. The predicted octanol–water partition coefficient (Wildman–Crippen LogP) is 0.936. The van der Waals surface area contributed by atoms with Crippen LogP contribution in [0, 0.1) is 0 Å². The van der Waals surface area contributed by atoms with Crippen LogP contribution in [-0.2, 0) is 17.8 Å². The summed E-state index contributed by atoms with van der Waals surface area (Å²) in [5.74, 6) is 0.935. The van der Waals surface area contributed by atoms with Crippen molar-refractivity contribution in [3.8, 4) is 5.75 Å². The number of amides is 1. The van der Waals surface area contributed by atoms with E-state index in [0.29, 0.717) is 36.1 Å². The Hall–Kier alpha value is -2.41. The fraction of sp³-hybridized carbons (Fsp3) is 0.308. The van der Waals surface area contributed by atoms with Crippen LogP contribution in [0.1, 0.15) is 22.1 Å². The van der Waals surface area contributed by atoms with Gasteiger partial charge in [0.15, 0.2) is 12.4 Å². The van der Waals surface area contributed by atoms with Gasteiger partial charge in [0, 0.05) is 19.1 Å². The Morgan fingerprint density at radius 3 is 3.05 bits per heavy atom. The number of hydrogen-bond acceptors (Lipinski definition) is 6. The summed E-state index contributed by atoms with van der Waals surface area (Å²) in [6, 6.07) is 6.58. The van der Waals surface area contributed by atoms with E-state index in [1.165, 1.54) is 0 Å². The van der Waals surface area contributed by atoms with Gasteiger partial charge >= 0.3 is 0 Å². The van der Waals surface area contributed by atoms with Crippen LogP contribution in [0.3, 0.4) is 0 Å². The largest absolute Gasteiger partial charge is 0.484 e. The summed E-state index contributed by atoms with van der Waals surface area (Å²) >= 11 is 0. The minimum Gasteiger partial charge on any atom is -0.484 e. The minimum atomic E-state index is -0.505. The predicted molar refractivity (Wildman–Crippen MR) is 69.2 cm³/mol. The van der Waals surface area contributed by atoms with Crippen molar-refractivity contribution in [1.82, 2.24) is 10.1 Å². The Bertz CT molecular complexity index is 583. The highest BCUT2D eigenvalue weighted by Gasteiger charge is 2.08. The van der Waals surface area contributed by atoms with Gasteiger partial charge in [0.25, 0.3) is 5.89 Å². The average molecular weight is 277 g/mol. The van der Waals surface area contributed by atoms with E-state index in [1.807, 2.05) is 0 Å². The van der Waals surface area contributed by atoms with Crippen molar-refractivity contribution >= 4 is 5.91 Å².